The van der Waals surface area contributed by atoms with E-state index in [2.05, 4.69) is 0 Å². The van der Waals surface area contributed by atoms with Crippen LogP contribution in [0, 0.1) is 5.92 Å². The molecule has 66 valence electrons. The third-order valence-corrected chi connectivity index (χ3v) is 4.83. The first-order chi connectivity index (χ1) is 5.08. The normalized spacial score (nSPS) is 30.9. The number of nitrogens with two attached hydrogens (primary N) is 1. The van der Waals surface area contributed by atoms with Gasteiger partial charge in [-0.25, -0.2) is 8.42 Å². The van der Waals surface area contributed by atoms with Crippen molar-refractivity contribution < 1.29 is 8.42 Å². The van der Waals surface area contributed by atoms with Crippen molar-refractivity contribution in [2.24, 2.45) is 11.7 Å². The molecule has 11 heavy (non-hydrogen) atoms. The van der Waals surface area contributed by atoms with E-state index >= 15 is 0 Å². The van der Waals surface area contributed by atoms with E-state index in [9.17, 15) is 8.42 Å². The number of hydrogen-bond acceptors (Lipinski definition) is 3. The van der Waals surface area contributed by atoms with Gasteiger partial charge in [-0.15, -0.1) is 0 Å². The second kappa shape index (κ2) is 3.11. The molecule has 0 saturated carbocycles. The van der Waals surface area contributed by atoms with Crippen molar-refractivity contribution in [3.63, 3.8) is 0 Å². The molecule has 2 N–H and O–H groups in total. The fourth-order valence-corrected chi connectivity index (χ4v) is 3.27. The van der Waals surface area contributed by atoms with Crippen LogP contribution in [0.2, 0.25) is 0 Å². The lowest BCUT2D eigenvalue weighted by Crippen LogP contribution is -2.41. The Balaban J connectivity index is 2.49. The third-order valence-electron chi connectivity index (χ3n) is 2.40. The molecule has 1 heterocycles. The molecular weight excluding hydrogens is 162 g/mol. The van der Waals surface area contributed by atoms with Crippen molar-refractivity contribution in [3.8, 4) is 0 Å². The van der Waals surface area contributed by atoms with Gasteiger partial charge in [0.25, 0.3) is 0 Å². The van der Waals surface area contributed by atoms with E-state index in [4.69, 9.17) is 5.73 Å². The molecule has 0 aromatic carbocycles. The summed E-state index contributed by atoms with van der Waals surface area (Å²) in [7, 11) is -2.70. The Morgan fingerprint density at radius 1 is 1.64 bits per heavy atom. The van der Waals surface area contributed by atoms with Crippen LogP contribution in [0.3, 0.4) is 0 Å². The van der Waals surface area contributed by atoms with Crippen molar-refractivity contribution in [2.75, 3.05) is 12.3 Å². The maximum absolute atomic E-state index is 11.1. The van der Waals surface area contributed by atoms with Crippen LogP contribution in [0.25, 0.3) is 0 Å². The molecule has 4 heteroatoms. The van der Waals surface area contributed by atoms with Crippen LogP contribution >= 0.6 is 0 Å². The van der Waals surface area contributed by atoms with E-state index in [1.165, 1.54) is 0 Å². The summed E-state index contributed by atoms with van der Waals surface area (Å²) >= 11 is 0. The Labute approximate surface area is 67.9 Å². The molecule has 1 aliphatic rings. The van der Waals surface area contributed by atoms with Crippen LogP contribution in [-0.4, -0.2) is 26.0 Å². The first-order valence-electron chi connectivity index (χ1n) is 3.99. The Morgan fingerprint density at radius 3 is 2.55 bits per heavy atom. The zero-order chi connectivity index (χ0) is 8.48. The average Bonchev–Trinajstić information content (AvgIpc) is 1.86. The van der Waals surface area contributed by atoms with Crippen LogP contribution in [0.1, 0.15) is 19.8 Å². The summed E-state index contributed by atoms with van der Waals surface area (Å²) in [5, 5.41) is -0.0916. The van der Waals surface area contributed by atoms with Crippen LogP contribution in [0.5, 0.6) is 0 Å². The molecule has 2 atom stereocenters. The van der Waals surface area contributed by atoms with E-state index in [1.807, 2.05) is 6.92 Å². The molecule has 2 unspecified atom stereocenters. The summed E-state index contributed by atoms with van der Waals surface area (Å²) in [6, 6.07) is 0. The summed E-state index contributed by atoms with van der Waals surface area (Å²) in [6.45, 7) is 2.56. The SMILES string of the molecule is CC(CCN)C1CCS1(=O)=O. The molecule has 1 fully saturated rings. The Morgan fingerprint density at radius 2 is 2.27 bits per heavy atom. The van der Waals surface area contributed by atoms with Gasteiger partial charge in [-0.3, -0.25) is 0 Å². The average molecular weight is 177 g/mol. The summed E-state index contributed by atoms with van der Waals surface area (Å²) in [5.74, 6) is 0.630. The highest BCUT2D eigenvalue weighted by Gasteiger charge is 2.38. The first-order valence-corrected chi connectivity index (χ1v) is 5.71. The molecule has 1 rings (SSSR count). The smallest absolute Gasteiger partial charge is 0.153 e. The van der Waals surface area contributed by atoms with Gasteiger partial charge in [0.15, 0.2) is 9.84 Å². The molecule has 0 bridgehead atoms. The van der Waals surface area contributed by atoms with Gasteiger partial charge in [0.2, 0.25) is 0 Å². The molecule has 1 aliphatic heterocycles. The van der Waals surface area contributed by atoms with E-state index < -0.39 is 9.84 Å². The van der Waals surface area contributed by atoms with Gasteiger partial charge < -0.3 is 5.73 Å². The fraction of sp³-hybridized carbons (Fsp3) is 1.00. The topological polar surface area (TPSA) is 60.2 Å². The van der Waals surface area contributed by atoms with E-state index in [1.54, 1.807) is 0 Å². The molecule has 0 aromatic rings. The summed E-state index contributed by atoms with van der Waals surface area (Å²) in [6.07, 6.45) is 1.66. The van der Waals surface area contributed by atoms with Gasteiger partial charge in [-0.05, 0) is 25.3 Å². The summed E-state index contributed by atoms with van der Waals surface area (Å²) in [5.41, 5.74) is 5.34. The van der Waals surface area contributed by atoms with Gasteiger partial charge in [0.1, 0.15) is 0 Å². The van der Waals surface area contributed by atoms with Crippen molar-refractivity contribution in [1.29, 1.82) is 0 Å². The quantitative estimate of drug-likeness (QED) is 0.668. The minimum Gasteiger partial charge on any atom is -0.330 e. The van der Waals surface area contributed by atoms with Crippen molar-refractivity contribution in [3.05, 3.63) is 0 Å². The molecular formula is C7H15NO2S. The largest absolute Gasteiger partial charge is 0.330 e. The van der Waals surface area contributed by atoms with Crippen LogP contribution in [-0.2, 0) is 9.84 Å². The standard InChI is InChI=1S/C7H15NO2S/c1-6(2-4-8)7-3-5-11(7,9)10/h6-7H,2-5,8H2,1H3. The predicted molar refractivity (Wildman–Crippen MR) is 45.0 cm³/mol. The van der Waals surface area contributed by atoms with Crippen molar-refractivity contribution >= 4 is 9.84 Å². The monoisotopic (exact) mass is 177 g/mol. The highest BCUT2D eigenvalue weighted by Crippen LogP contribution is 2.28. The molecule has 0 radical (unpaired) electrons. The number of hydrogen-bond donors (Lipinski definition) is 1. The summed E-state index contributed by atoms with van der Waals surface area (Å²) in [4.78, 5) is 0. The van der Waals surface area contributed by atoms with Gasteiger partial charge >= 0.3 is 0 Å². The molecule has 0 aromatic heterocycles. The highest BCUT2D eigenvalue weighted by atomic mass is 32.2. The van der Waals surface area contributed by atoms with Crippen LogP contribution < -0.4 is 5.73 Å². The minimum absolute atomic E-state index is 0.0916. The number of sulfone groups is 1. The van der Waals surface area contributed by atoms with Crippen molar-refractivity contribution in [1.82, 2.24) is 0 Å². The summed E-state index contributed by atoms with van der Waals surface area (Å²) < 4.78 is 22.2. The Kier molecular flexibility index (Phi) is 2.54. The lowest BCUT2D eigenvalue weighted by Gasteiger charge is -2.31. The van der Waals surface area contributed by atoms with E-state index in [0.717, 1.165) is 12.8 Å². The second-order valence-corrected chi connectivity index (χ2v) is 5.59. The maximum Gasteiger partial charge on any atom is 0.153 e. The predicted octanol–water partition coefficient (Wildman–Crippen LogP) is 0.158. The molecule has 0 spiro atoms. The lowest BCUT2D eigenvalue weighted by atomic mass is 10.0. The van der Waals surface area contributed by atoms with E-state index in [0.29, 0.717) is 12.3 Å². The lowest BCUT2D eigenvalue weighted by molar-refractivity contribution is 0.445. The highest BCUT2D eigenvalue weighted by molar-refractivity contribution is 7.93. The minimum atomic E-state index is -2.70. The molecule has 1 saturated heterocycles. The van der Waals surface area contributed by atoms with Crippen molar-refractivity contribution in [2.45, 2.75) is 25.0 Å². The zero-order valence-electron chi connectivity index (χ0n) is 6.79. The Bertz CT molecular complexity index is 223. The van der Waals surface area contributed by atoms with Gasteiger partial charge in [0, 0.05) is 0 Å². The first kappa shape index (κ1) is 9.00. The third kappa shape index (κ3) is 1.73. The molecule has 3 nitrogen and oxygen atoms in total. The zero-order valence-corrected chi connectivity index (χ0v) is 7.60. The van der Waals surface area contributed by atoms with Crippen LogP contribution in [0.4, 0.5) is 0 Å². The van der Waals surface area contributed by atoms with Gasteiger partial charge in [-0.1, -0.05) is 6.92 Å². The molecule has 0 aliphatic carbocycles. The Hall–Kier alpha value is -0.0900. The van der Waals surface area contributed by atoms with Crippen LogP contribution in [0.15, 0.2) is 0 Å². The second-order valence-electron chi connectivity index (χ2n) is 3.25. The fourth-order valence-electron chi connectivity index (χ4n) is 1.53. The maximum atomic E-state index is 11.1. The van der Waals surface area contributed by atoms with Gasteiger partial charge in [-0.2, -0.15) is 0 Å². The van der Waals surface area contributed by atoms with E-state index in [-0.39, 0.29) is 11.2 Å². The molecule has 0 amide bonds. The number of rotatable bonds is 3. The van der Waals surface area contributed by atoms with Gasteiger partial charge in [0.05, 0.1) is 11.0 Å².